The van der Waals surface area contributed by atoms with Crippen LogP contribution in [-0.2, 0) is 9.68 Å². The summed E-state index contributed by atoms with van der Waals surface area (Å²) in [5.41, 5.74) is 0. The highest BCUT2D eigenvalue weighted by molar-refractivity contribution is 3.75. The highest BCUT2D eigenvalue weighted by Gasteiger charge is 1.57. The summed E-state index contributed by atoms with van der Waals surface area (Å²) in [5.74, 6) is 0. The normalized spacial score (nSPS) is 9.00. The molecule has 0 atom stereocenters. The molecule has 0 radical (unpaired) electrons. The van der Waals surface area contributed by atoms with Crippen molar-refractivity contribution < 1.29 is 9.68 Å². The molecule has 0 saturated carbocycles. The van der Waals surface area contributed by atoms with Gasteiger partial charge in [0.15, 0.2) is 0 Å². The second-order valence-corrected chi connectivity index (χ2v) is 0.528. The zero-order valence-electron chi connectivity index (χ0n) is 3.71. The molecule has 0 aromatic carbocycles. The van der Waals surface area contributed by atoms with E-state index >= 15 is 0 Å². The van der Waals surface area contributed by atoms with E-state index in [2.05, 4.69) is 20.2 Å². The molecule has 0 unspecified atom stereocenters. The molecule has 4 heteroatoms. The highest BCUT2D eigenvalue weighted by atomic mass is 16.7. The predicted octanol–water partition coefficient (Wildman–Crippen LogP) is 0.561. The Labute approximate surface area is 35.7 Å². The monoisotopic (exact) mass is 90.0 g/mol. The van der Waals surface area contributed by atoms with Crippen LogP contribution in [-0.4, -0.2) is 14.2 Å². The molecule has 0 saturated heterocycles. The summed E-state index contributed by atoms with van der Waals surface area (Å²) in [7, 11) is 2.78. The molecular weight excluding hydrogens is 84.0 g/mol. The van der Waals surface area contributed by atoms with Crippen LogP contribution in [0.25, 0.3) is 0 Å². The SMILES string of the molecule is CO/N=N\OC. The Kier molecular flexibility index (Phi) is 3.64. The van der Waals surface area contributed by atoms with Crippen molar-refractivity contribution in [2.75, 3.05) is 14.2 Å². The van der Waals surface area contributed by atoms with Crippen LogP contribution in [0.2, 0.25) is 0 Å². The van der Waals surface area contributed by atoms with Crippen molar-refractivity contribution in [3.05, 3.63) is 0 Å². The Bertz CT molecular complexity index is 38.8. The first-order valence-electron chi connectivity index (χ1n) is 1.38. The quantitative estimate of drug-likeness (QED) is 0.367. The van der Waals surface area contributed by atoms with Crippen LogP contribution in [0.15, 0.2) is 10.6 Å². The van der Waals surface area contributed by atoms with Gasteiger partial charge in [-0.3, -0.25) is 0 Å². The molecule has 0 heterocycles. The molecule has 0 aliphatic rings. The Morgan fingerprint density at radius 1 is 1.00 bits per heavy atom. The van der Waals surface area contributed by atoms with Crippen LogP contribution >= 0.6 is 0 Å². The van der Waals surface area contributed by atoms with Crippen LogP contribution < -0.4 is 0 Å². The van der Waals surface area contributed by atoms with Crippen molar-refractivity contribution in [1.29, 1.82) is 0 Å². The third kappa shape index (κ3) is 3.20. The number of nitrogens with zero attached hydrogens (tertiary/aromatic N) is 2. The van der Waals surface area contributed by atoms with Crippen molar-refractivity contribution in [3.8, 4) is 0 Å². The van der Waals surface area contributed by atoms with E-state index < -0.39 is 0 Å². The van der Waals surface area contributed by atoms with E-state index in [1.807, 2.05) is 0 Å². The third-order valence-electron chi connectivity index (χ3n) is 0.197. The maximum atomic E-state index is 4.12. The molecule has 36 valence electrons. The molecule has 0 aliphatic heterocycles. The molecular formula is C2H6N2O2. The van der Waals surface area contributed by atoms with Crippen LogP contribution in [0.5, 0.6) is 0 Å². The second kappa shape index (κ2) is 4.20. The lowest BCUT2D eigenvalue weighted by molar-refractivity contribution is 0.0947. The van der Waals surface area contributed by atoms with Gasteiger partial charge in [0.1, 0.15) is 14.2 Å². The number of rotatable bonds is 2. The van der Waals surface area contributed by atoms with Gasteiger partial charge in [0.2, 0.25) is 0 Å². The summed E-state index contributed by atoms with van der Waals surface area (Å²) in [4.78, 5) is 8.23. The van der Waals surface area contributed by atoms with Crippen molar-refractivity contribution in [1.82, 2.24) is 0 Å². The third-order valence-corrected chi connectivity index (χ3v) is 0.197. The van der Waals surface area contributed by atoms with Crippen LogP contribution in [0.3, 0.4) is 0 Å². The zero-order chi connectivity index (χ0) is 4.83. The van der Waals surface area contributed by atoms with Gasteiger partial charge in [-0.2, -0.15) is 0 Å². The fourth-order valence-corrected chi connectivity index (χ4v) is 0.0667. The Morgan fingerprint density at radius 2 is 1.33 bits per heavy atom. The van der Waals surface area contributed by atoms with Gasteiger partial charge >= 0.3 is 0 Å². The topological polar surface area (TPSA) is 43.2 Å². The van der Waals surface area contributed by atoms with Crippen LogP contribution in [0.1, 0.15) is 0 Å². The molecule has 0 amide bonds. The standard InChI is InChI=1S/C2H6N2O2/c1-5-3-4-6-2/h1-2H3/b4-3-. The van der Waals surface area contributed by atoms with Crippen molar-refractivity contribution in [3.63, 3.8) is 0 Å². The second-order valence-electron chi connectivity index (χ2n) is 0.528. The van der Waals surface area contributed by atoms with E-state index in [-0.39, 0.29) is 0 Å². The first kappa shape index (κ1) is 5.20. The minimum absolute atomic E-state index is 1.39. The Balaban J connectivity index is 2.73. The predicted molar refractivity (Wildman–Crippen MR) is 18.9 cm³/mol. The number of hydrogen-bond donors (Lipinski definition) is 0. The minimum Gasteiger partial charge on any atom is -0.380 e. The fourth-order valence-electron chi connectivity index (χ4n) is 0.0667. The largest absolute Gasteiger partial charge is 0.380 e. The fraction of sp³-hybridized carbons (Fsp3) is 1.00. The van der Waals surface area contributed by atoms with Gasteiger partial charge in [0.25, 0.3) is 0 Å². The Hall–Kier alpha value is -0.800. The average Bonchev–Trinajstić information content (AvgIpc) is 1.61. The van der Waals surface area contributed by atoms with Gasteiger partial charge in [-0.25, -0.2) is 0 Å². The van der Waals surface area contributed by atoms with Crippen molar-refractivity contribution in [2.24, 2.45) is 10.6 Å². The molecule has 0 bridgehead atoms. The molecule has 0 N–H and O–H groups in total. The van der Waals surface area contributed by atoms with Crippen LogP contribution in [0.4, 0.5) is 0 Å². The molecule has 0 aromatic rings. The van der Waals surface area contributed by atoms with E-state index in [4.69, 9.17) is 0 Å². The van der Waals surface area contributed by atoms with Gasteiger partial charge < -0.3 is 9.68 Å². The molecule has 0 aromatic heterocycles. The van der Waals surface area contributed by atoms with E-state index in [0.717, 1.165) is 0 Å². The molecule has 4 nitrogen and oxygen atoms in total. The van der Waals surface area contributed by atoms with Crippen molar-refractivity contribution >= 4 is 0 Å². The molecule has 0 fully saturated rings. The van der Waals surface area contributed by atoms with E-state index in [1.165, 1.54) is 14.2 Å². The van der Waals surface area contributed by atoms with Gasteiger partial charge in [0, 0.05) is 0 Å². The summed E-state index contributed by atoms with van der Waals surface area (Å²) in [6.07, 6.45) is 0. The van der Waals surface area contributed by atoms with Crippen molar-refractivity contribution in [2.45, 2.75) is 0 Å². The molecule has 0 aliphatic carbocycles. The average molecular weight is 90.1 g/mol. The van der Waals surface area contributed by atoms with Gasteiger partial charge in [-0.05, 0) is 0 Å². The minimum atomic E-state index is 1.39. The first-order valence-corrected chi connectivity index (χ1v) is 1.38. The Morgan fingerprint density at radius 3 is 1.50 bits per heavy atom. The molecule has 6 heavy (non-hydrogen) atoms. The summed E-state index contributed by atoms with van der Waals surface area (Å²) in [6, 6.07) is 0. The van der Waals surface area contributed by atoms with Gasteiger partial charge in [-0.1, -0.05) is 0 Å². The summed E-state index contributed by atoms with van der Waals surface area (Å²) in [6.45, 7) is 0. The maximum Gasteiger partial charge on any atom is 0.108 e. The molecule has 0 rings (SSSR count). The lowest BCUT2D eigenvalue weighted by Gasteiger charge is -1.78. The zero-order valence-corrected chi connectivity index (χ0v) is 3.71. The maximum absolute atomic E-state index is 4.12. The van der Waals surface area contributed by atoms with E-state index in [1.54, 1.807) is 0 Å². The molecule has 0 spiro atoms. The highest BCUT2D eigenvalue weighted by Crippen LogP contribution is 1.70. The summed E-state index contributed by atoms with van der Waals surface area (Å²) in [5, 5.41) is 5.99. The summed E-state index contributed by atoms with van der Waals surface area (Å²) < 4.78 is 0. The lowest BCUT2D eigenvalue weighted by atomic mass is 11.7. The van der Waals surface area contributed by atoms with E-state index in [0.29, 0.717) is 0 Å². The lowest BCUT2D eigenvalue weighted by Crippen LogP contribution is -1.65. The van der Waals surface area contributed by atoms with Crippen LogP contribution in [0, 0.1) is 0 Å². The summed E-state index contributed by atoms with van der Waals surface area (Å²) >= 11 is 0. The van der Waals surface area contributed by atoms with E-state index in [9.17, 15) is 0 Å². The van der Waals surface area contributed by atoms with Gasteiger partial charge in [0.05, 0.1) is 10.6 Å². The van der Waals surface area contributed by atoms with Gasteiger partial charge in [-0.15, -0.1) is 0 Å². The smallest absolute Gasteiger partial charge is 0.108 e. The first-order chi connectivity index (χ1) is 2.91. The number of hydrogen-bond acceptors (Lipinski definition) is 4.